The van der Waals surface area contributed by atoms with E-state index in [1.54, 1.807) is 0 Å². The molecule has 1 atom stereocenters. The molecule has 0 saturated heterocycles. The van der Waals surface area contributed by atoms with Crippen LogP contribution in [0.25, 0.3) is 0 Å². The van der Waals surface area contributed by atoms with Gasteiger partial charge >= 0.3 is 0 Å². The lowest BCUT2D eigenvalue weighted by Crippen LogP contribution is -2.41. The number of carbonyl (C=O) groups excluding carboxylic acids is 1. The van der Waals surface area contributed by atoms with Crippen LogP contribution in [0, 0.1) is 5.92 Å². The first-order chi connectivity index (χ1) is 13.1. The average Bonchev–Trinajstić information content (AvgIpc) is 3.09. The SMILES string of the molecule is CC[C@@H]1CCc2sc(C(=O)NNS(=O)(=O)c3cccc(S(C)(=O)=O)c3)cc2C1. The summed E-state index contributed by atoms with van der Waals surface area (Å²) in [6, 6.07) is 6.79. The quantitative estimate of drug-likeness (QED) is 0.667. The van der Waals surface area contributed by atoms with Crippen molar-refractivity contribution in [2.75, 3.05) is 6.26 Å². The number of sulfone groups is 1. The number of sulfonamides is 1. The molecule has 0 unspecified atom stereocenters. The number of hydrazine groups is 1. The van der Waals surface area contributed by atoms with Crippen molar-refractivity contribution < 1.29 is 21.6 Å². The van der Waals surface area contributed by atoms with E-state index in [0.717, 1.165) is 43.6 Å². The first-order valence-electron chi connectivity index (χ1n) is 8.84. The van der Waals surface area contributed by atoms with Crippen molar-refractivity contribution in [2.45, 2.75) is 42.4 Å². The van der Waals surface area contributed by atoms with Crippen molar-refractivity contribution in [1.82, 2.24) is 10.3 Å². The Bertz CT molecular complexity index is 1100. The Hall–Kier alpha value is -1.75. The molecule has 0 bridgehead atoms. The van der Waals surface area contributed by atoms with E-state index in [9.17, 15) is 21.6 Å². The van der Waals surface area contributed by atoms with Crippen LogP contribution in [0.3, 0.4) is 0 Å². The summed E-state index contributed by atoms with van der Waals surface area (Å²) in [7, 11) is -7.65. The second-order valence-electron chi connectivity index (χ2n) is 6.88. The van der Waals surface area contributed by atoms with E-state index < -0.39 is 25.8 Å². The minimum atomic E-state index is -4.10. The Balaban J connectivity index is 1.72. The molecule has 2 N–H and O–H groups in total. The average molecular weight is 443 g/mol. The van der Waals surface area contributed by atoms with Crippen molar-refractivity contribution in [3.63, 3.8) is 0 Å². The van der Waals surface area contributed by atoms with Gasteiger partial charge in [-0.25, -0.2) is 16.8 Å². The molecule has 7 nitrogen and oxygen atoms in total. The first-order valence-corrected chi connectivity index (χ1v) is 13.0. The van der Waals surface area contributed by atoms with E-state index in [2.05, 4.69) is 12.3 Å². The maximum absolute atomic E-state index is 12.4. The standard InChI is InChI=1S/C18H22N2O5S3/c1-3-12-7-8-16-13(9-12)10-17(26-16)18(21)19-20-28(24,25)15-6-4-5-14(11-15)27(2,22)23/h4-6,10-12,20H,3,7-9H2,1-2H3,(H,19,21)/t12-/m1/s1. The fourth-order valence-electron chi connectivity index (χ4n) is 3.17. The van der Waals surface area contributed by atoms with Gasteiger partial charge in [0.1, 0.15) is 0 Å². The van der Waals surface area contributed by atoms with Crippen molar-refractivity contribution in [2.24, 2.45) is 5.92 Å². The maximum atomic E-state index is 12.4. The molecular weight excluding hydrogens is 420 g/mol. The lowest BCUT2D eigenvalue weighted by molar-refractivity contribution is 0.0949. The molecule has 0 radical (unpaired) electrons. The van der Waals surface area contributed by atoms with Gasteiger partial charge in [0.25, 0.3) is 15.9 Å². The largest absolute Gasteiger partial charge is 0.276 e. The summed E-state index contributed by atoms with van der Waals surface area (Å²) in [6.07, 6.45) is 5.09. The number of aryl methyl sites for hydroxylation is 1. The Morgan fingerprint density at radius 3 is 2.57 bits per heavy atom. The molecule has 0 aliphatic heterocycles. The highest BCUT2D eigenvalue weighted by molar-refractivity contribution is 7.91. The summed E-state index contributed by atoms with van der Waals surface area (Å²) in [6.45, 7) is 2.16. The predicted molar refractivity (Wildman–Crippen MR) is 107 cm³/mol. The van der Waals surface area contributed by atoms with Crippen LogP contribution in [0.1, 0.15) is 39.9 Å². The van der Waals surface area contributed by atoms with Crippen molar-refractivity contribution in [3.8, 4) is 0 Å². The number of hydrogen-bond acceptors (Lipinski definition) is 6. The number of hydrogen-bond donors (Lipinski definition) is 2. The Kier molecular flexibility index (Phi) is 5.95. The number of rotatable bonds is 6. The van der Waals surface area contributed by atoms with Crippen LogP contribution in [0.15, 0.2) is 40.1 Å². The summed E-state index contributed by atoms with van der Waals surface area (Å²) >= 11 is 1.38. The van der Waals surface area contributed by atoms with Gasteiger partial charge in [-0.3, -0.25) is 10.2 Å². The van der Waals surface area contributed by atoms with Crippen LogP contribution < -0.4 is 10.3 Å². The second-order valence-corrected chi connectivity index (χ2v) is 11.7. The highest BCUT2D eigenvalue weighted by Gasteiger charge is 2.23. The third-order valence-corrected chi connectivity index (χ3v) is 8.42. The van der Waals surface area contributed by atoms with Gasteiger partial charge in [-0.05, 0) is 55.0 Å². The lowest BCUT2D eigenvalue weighted by atomic mass is 9.87. The van der Waals surface area contributed by atoms with E-state index >= 15 is 0 Å². The third kappa shape index (κ3) is 4.62. The molecule has 28 heavy (non-hydrogen) atoms. The van der Waals surface area contributed by atoms with E-state index in [4.69, 9.17) is 0 Å². The van der Waals surface area contributed by atoms with Gasteiger partial charge in [0.15, 0.2) is 9.84 Å². The normalized spacial score (nSPS) is 17.1. The van der Waals surface area contributed by atoms with Gasteiger partial charge in [-0.15, -0.1) is 16.2 Å². The number of nitrogens with one attached hydrogen (secondary N) is 2. The molecular formula is C18H22N2O5S3. The monoisotopic (exact) mass is 442 g/mol. The Labute approximate surface area is 169 Å². The van der Waals surface area contributed by atoms with Gasteiger partial charge in [0, 0.05) is 11.1 Å². The smallest absolute Gasteiger partial charge is 0.273 e. The second kappa shape index (κ2) is 7.94. The molecule has 2 aromatic rings. The van der Waals surface area contributed by atoms with E-state index in [1.807, 2.05) is 10.9 Å². The van der Waals surface area contributed by atoms with Gasteiger partial charge in [0.05, 0.1) is 14.7 Å². The molecule has 0 saturated carbocycles. The van der Waals surface area contributed by atoms with Crippen LogP contribution >= 0.6 is 11.3 Å². The zero-order chi connectivity index (χ0) is 20.5. The van der Waals surface area contributed by atoms with Gasteiger partial charge in [0.2, 0.25) is 0 Å². The zero-order valence-electron chi connectivity index (χ0n) is 15.6. The summed E-state index contributed by atoms with van der Waals surface area (Å²) in [4.78, 5) is 15.7. The van der Waals surface area contributed by atoms with E-state index in [0.29, 0.717) is 10.8 Å². The molecule has 1 aliphatic carbocycles. The molecule has 1 amide bonds. The van der Waals surface area contributed by atoms with Crippen molar-refractivity contribution >= 4 is 37.1 Å². The summed E-state index contributed by atoms with van der Waals surface area (Å²) in [5.41, 5.74) is 3.38. The molecule has 1 heterocycles. The minimum absolute atomic E-state index is 0.113. The topological polar surface area (TPSA) is 109 Å². The molecule has 10 heteroatoms. The summed E-state index contributed by atoms with van der Waals surface area (Å²) < 4.78 is 48.1. The molecule has 1 aliphatic rings. The van der Waals surface area contributed by atoms with Crippen LogP contribution in [-0.2, 0) is 32.7 Å². The van der Waals surface area contributed by atoms with Crippen LogP contribution in [0.5, 0.6) is 0 Å². The van der Waals surface area contributed by atoms with Gasteiger partial charge < -0.3 is 0 Å². The summed E-state index contributed by atoms with van der Waals surface area (Å²) in [5.74, 6) is 0.0916. The highest BCUT2D eigenvalue weighted by atomic mass is 32.2. The lowest BCUT2D eigenvalue weighted by Gasteiger charge is -2.19. The number of amides is 1. The first kappa shape index (κ1) is 21.0. The van der Waals surface area contributed by atoms with Crippen LogP contribution in [0.2, 0.25) is 0 Å². The third-order valence-electron chi connectivity index (χ3n) is 4.83. The van der Waals surface area contributed by atoms with Crippen molar-refractivity contribution in [1.29, 1.82) is 0 Å². The Morgan fingerprint density at radius 2 is 1.89 bits per heavy atom. The molecule has 1 aromatic heterocycles. The van der Waals surface area contributed by atoms with Gasteiger partial charge in [-0.2, -0.15) is 0 Å². The maximum Gasteiger partial charge on any atom is 0.276 e. The number of carbonyl (C=O) groups is 1. The fourth-order valence-corrected chi connectivity index (χ4v) is 5.90. The highest BCUT2D eigenvalue weighted by Crippen LogP contribution is 2.33. The molecule has 0 fully saturated rings. The minimum Gasteiger partial charge on any atom is -0.273 e. The Morgan fingerprint density at radius 1 is 1.18 bits per heavy atom. The van der Waals surface area contributed by atoms with Crippen LogP contribution in [-0.4, -0.2) is 29.0 Å². The van der Waals surface area contributed by atoms with Crippen molar-refractivity contribution in [3.05, 3.63) is 45.6 Å². The fraction of sp³-hybridized carbons (Fsp3) is 0.389. The number of thiophene rings is 1. The number of fused-ring (bicyclic) bond motifs is 1. The predicted octanol–water partition coefficient (Wildman–Crippen LogP) is 2.29. The molecule has 152 valence electrons. The zero-order valence-corrected chi connectivity index (χ0v) is 18.0. The molecule has 3 rings (SSSR count). The van der Waals surface area contributed by atoms with Gasteiger partial charge in [-0.1, -0.05) is 19.4 Å². The summed E-state index contributed by atoms with van der Waals surface area (Å²) in [5, 5.41) is 0. The van der Waals surface area contributed by atoms with E-state index in [-0.39, 0.29) is 9.79 Å². The number of benzene rings is 1. The van der Waals surface area contributed by atoms with E-state index in [1.165, 1.54) is 34.4 Å². The molecule has 0 spiro atoms. The van der Waals surface area contributed by atoms with Crippen LogP contribution in [0.4, 0.5) is 0 Å². The molecule has 1 aromatic carbocycles.